The number of benzene rings is 1. The van der Waals surface area contributed by atoms with Crippen molar-refractivity contribution in [3.05, 3.63) is 54.0 Å². The molecule has 0 aliphatic carbocycles. The molecule has 0 saturated heterocycles. The van der Waals surface area contributed by atoms with Gasteiger partial charge in [-0.3, -0.25) is 4.72 Å². The molecule has 0 unspecified atom stereocenters. The molecule has 0 radical (unpaired) electrons. The highest BCUT2D eigenvalue weighted by atomic mass is 32.2. The van der Waals surface area contributed by atoms with Crippen LogP contribution < -0.4 is 9.46 Å². The van der Waals surface area contributed by atoms with Gasteiger partial charge in [0.2, 0.25) is 10.0 Å². The second kappa shape index (κ2) is 6.48. The molecule has 116 valence electrons. The van der Waals surface area contributed by atoms with Gasteiger partial charge in [-0.25, -0.2) is 13.2 Å². The molecule has 1 aromatic carbocycles. The van der Waals surface area contributed by atoms with Crippen LogP contribution in [0.15, 0.2) is 46.9 Å². The Kier molecular flexibility index (Phi) is 4.67. The molecule has 0 atom stereocenters. The summed E-state index contributed by atoms with van der Waals surface area (Å²) in [5, 5.41) is 0. The Morgan fingerprint density at radius 3 is 2.41 bits per heavy atom. The number of sulfonamides is 1. The number of carbonyl (C=O) groups excluding carboxylic acids is 1. The first-order valence-electron chi connectivity index (χ1n) is 6.36. The van der Waals surface area contributed by atoms with Crippen LogP contribution in [0.1, 0.15) is 11.5 Å². The fourth-order valence-corrected chi connectivity index (χ4v) is 2.21. The summed E-state index contributed by atoms with van der Waals surface area (Å²) in [6.07, 6.45) is 3.82. The number of aryl methyl sites for hydroxylation is 1. The molecule has 0 amide bonds. The van der Waals surface area contributed by atoms with Crippen molar-refractivity contribution in [3.63, 3.8) is 0 Å². The number of hydrogen-bond acceptors (Lipinski definition) is 5. The van der Waals surface area contributed by atoms with Crippen LogP contribution in [0.3, 0.4) is 0 Å². The Bertz CT molecular complexity index is 788. The van der Waals surface area contributed by atoms with Crippen LogP contribution in [0.4, 0.5) is 5.69 Å². The maximum atomic E-state index is 11.6. The minimum absolute atomic E-state index is 0.310. The van der Waals surface area contributed by atoms with Crippen molar-refractivity contribution in [2.75, 3.05) is 11.0 Å². The van der Waals surface area contributed by atoms with E-state index in [1.165, 1.54) is 36.4 Å². The molecule has 22 heavy (non-hydrogen) atoms. The predicted molar refractivity (Wildman–Crippen MR) is 83.0 cm³/mol. The SMILES string of the molecule is Cc1ccc(/C=C/C(=O)Oc2ccc(NS(C)(=O)=O)cc2)o1. The summed E-state index contributed by atoms with van der Waals surface area (Å²) in [4.78, 5) is 11.6. The molecule has 1 N–H and O–H groups in total. The molecule has 2 aromatic rings. The first-order chi connectivity index (χ1) is 10.3. The summed E-state index contributed by atoms with van der Waals surface area (Å²) in [7, 11) is -3.33. The quantitative estimate of drug-likeness (QED) is 0.520. The largest absolute Gasteiger partial charge is 0.462 e. The summed E-state index contributed by atoms with van der Waals surface area (Å²) < 4.78 is 34.8. The van der Waals surface area contributed by atoms with Gasteiger partial charge in [-0.15, -0.1) is 0 Å². The van der Waals surface area contributed by atoms with E-state index in [9.17, 15) is 13.2 Å². The standard InChI is InChI=1S/C15H15NO5S/c1-11-3-6-13(20-11)9-10-15(17)21-14-7-4-12(5-8-14)16-22(2,18)19/h3-10,16H,1-2H3/b10-9+. The maximum absolute atomic E-state index is 11.6. The minimum Gasteiger partial charge on any atom is -0.462 e. The van der Waals surface area contributed by atoms with E-state index < -0.39 is 16.0 Å². The lowest BCUT2D eigenvalue weighted by Crippen LogP contribution is -2.09. The van der Waals surface area contributed by atoms with E-state index >= 15 is 0 Å². The fraction of sp³-hybridized carbons (Fsp3) is 0.133. The summed E-state index contributed by atoms with van der Waals surface area (Å²) in [5.74, 6) is 1.06. The molecule has 7 heteroatoms. The number of esters is 1. The zero-order chi connectivity index (χ0) is 16.2. The maximum Gasteiger partial charge on any atom is 0.336 e. The highest BCUT2D eigenvalue weighted by Gasteiger charge is 2.04. The van der Waals surface area contributed by atoms with Crippen molar-refractivity contribution in [1.29, 1.82) is 0 Å². The molecule has 6 nitrogen and oxygen atoms in total. The highest BCUT2D eigenvalue weighted by Crippen LogP contribution is 2.17. The van der Waals surface area contributed by atoms with Crippen LogP contribution in [0, 0.1) is 6.92 Å². The number of rotatable bonds is 5. The second-order valence-electron chi connectivity index (χ2n) is 4.60. The van der Waals surface area contributed by atoms with Gasteiger partial charge in [0.25, 0.3) is 0 Å². The molecule has 2 rings (SSSR count). The Labute approximate surface area is 128 Å². The zero-order valence-electron chi connectivity index (χ0n) is 12.1. The number of ether oxygens (including phenoxy) is 1. The molecular formula is C15H15NO5S. The third-order valence-electron chi connectivity index (χ3n) is 2.52. The van der Waals surface area contributed by atoms with Crippen LogP contribution in [0.5, 0.6) is 5.75 Å². The zero-order valence-corrected chi connectivity index (χ0v) is 12.9. The average Bonchev–Trinajstić information content (AvgIpc) is 2.83. The number of furan rings is 1. The molecule has 0 bridgehead atoms. The van der Waals surface area contributed by atoms with Gasteiger partial charge in [0.15, 0.2) is 0 Å². The van der Waals surface area contributed by atoms with Crippen molar-refractivity contribution in [1.82, 2.24) is 0 Å². The Morgan fingerprint density at radius 2 is 1.86 bits per heavy atom. The molecule has 1 heterocycles. The van der Waals surface area contributed by atoms with E-state index in [2.05, 4.69) is 4.72 Å². The Morgan fingerprint density at radius 1 is 1.18 bits per heavy atom. The van der Waals surface area contributed by atoms with Crippen molar-refractivity contribution in [3.8, 4) is 5.75 Å². The topological polar surface area (TPSA) is 85.6 Å². The second-order valence-corrected chi connectivity index (χ2v) is 6.35. The third-order valence-corrected chi connectivity index (χ3v) is 3.13. The number of anilines is 1. The van der Waals surface area contributed by atoms with Crippen molar-refractivity contribution in [2.24, 2.45) is 0 Å². The van der Waals surface area contributed by atoms with Gasteiger partial charge < -0.3 is 9.15 Å². The molecule has 0 fully saturated rings. The van der Waals surface area contributed by atoms with Crippen LogP contribution in [-0.4, -0.2) is 20.6 Å². The predicted octanol–water partition coefficient (Wildman–Crippen LogP) is 2.58. The van der Waals surface area contributed by atoms with Crippen LogP contribution >= 0.6 is 0 Å². The smallest absolute Gasteiger partial charge is 0.336 e. The summed E-state index contributed by atoms with van der Waals surface area (Å²) >= 11 is 0. The average molecular weight is 321 g/mol. The minimum atomic E-state index is -3.33. The summed E-state index contributed by atoms with van der Waals surface area (Å²) in [5.41, 5.74) is 0.393. The fourth-order valence-electron chi connectivity index (χ4n) is 1.65. The van der Waals surface area contributed by atoms with E-state index in [0.717, 1.165) is 12.0 Å². The van der Waals surface area contributed by atoms with Crippen molar-refractivity contribution >= 4 is 27.8 Å². The van der Waals surface area contributed by atoms with E-state index in [0.29, 0.717) is 17.2 Å². The lowest BCUT2D eigenvalue weighted by molar-refractivity contribution is -0.128. The Hall–Kier alpha value is -2.54. The molecule has 0 spiro atoms. The van der Waals surface area contributed by atoms with Gasteiger partial charge in [0, 0.05) is 11.8 Å². The summed E-state index contributed by atoms with van der Waals surface area (Å²) in [6.45, 7) is 1.81. The van der Waals surface area contributed by atoms with E-state index in [-0.39, 0.29) is 0 Å². The molecule has 0 aliphatic heterocycles. The first-order valence-corrected chi connectivity index (χ1v) is 8.25. The van der Waals surface area contributed by atoms with Gasteiger partial charge in [-0.2, -0.15) is 0 Å². The number of hydrogen-bond donors (Lipinski definition) is 1. The third kappa shape index (κ3) is 5.10. The van der Waals surface area contributed by atoms with Gasteiger partial charge in [0.05, 0.1) is 6.26 Å². The molecule has 0 saturated carbocycles. The van der Waals surface area contributed by atoms with Crippen LogP contribution in [0.2, 0.25) is 0 Å². The molecular weight excluding hydrogens is 306 g/mol. The van der Waals surface area contributed by atoms with Gasteiger partial charge in [-0.1, -0.05) is 0 Å². The van der Waals surface area contributed by atoms with E-state index in [4.69, 9.17) is 9.15 Å². The Balaban J connectivity index is 1.95. The van der Waals surface area contributed by atoms with E-state index in [1.54, 1.807) is 12.1 Å². The van der Waals surface area contributed by atoms with Gasteiger partial charge in [-0.05, 0) is 49.4 Å². The van der Waals surface area contributed by atoms with Crippen molar-refractivity contribution < 1.29 is 22.4 Å². The monoisotopic (exact) mass is 321 g/mol. The number of nitrogens with one attached hydrogen (secondary N) is 1. The number of carbonyl (C=O) groups is 1. The van der Waals surface area contributed by atoms with Gasteiger partial charge in [0.1, 0.15) is 17.3 Å². The lowest BCUT2D eigenvalue weighted by Gasteiger charge is -2.05. The highest BCUT2D eigenvalue weighted by molar-refractivity contribution is 7.92. The summed E-state index contributed by atoms with van der Waals surface area (Å²) in [6, 6.07) is 9.53. The van der Waals surface area contributed by atoms with Crippen LogP contribution in [0.25, 0.3) is 6.08 Å². The molecule has 0 aliphatic rings. The van der Waals surface area contributed by atoms with Gasteiger partial charge >= 0.3 is 5.97 Å². The van der Waals surface area contributed by atoms with Crippen LogP contribution in [-0.2, 0) is 14.8 Å². The molecule has 1 aromatic heterocycles. The van der Waals surface area contributed by atoms with E-state index in [1.807, 2.05) is 6.92 Å². The van der Waals surface area contributed by atoms with Crippen molar-refractivity contribution in [2.45, 2.75) is 6.92 Å². The first kappa shape index (κ1) is 15.8. The lowest BCUT2D eigenvalue weighted by atomic mass is 10.3. The normalized spacial score (nSPS) is 11.5.